The number of carbonyl (C=O) groups excluding carboxylic acids is 2. The first-order valence-electron chi connectivity index (χ1n) is 5.73. The van der Waals surface area contributed by atoms with E-state index < -0.39 is 12.0 Å². The van der Waals surface area contributed by atoms with Crippen molar-refractivity contribution in [2.75, 3.05) is 13.2 Å². The van der Waals surface area contributed by atoms with Crippen LogP contribution in [0.3, 0.4) is 0 Å². The molecule has 1 aromatic heterocycles. The quantitative estimate of drug-likeness (QED) is 0.765. The van der Waals surface area contributed by atoms with Gasteiger partial charge in [-0.2, -0.15) is 0 Å². The number of amides is 2. The summed E-state index contributed by atoms with van der Waals surface area (Å²) in [6, 6.07) is 3.06. The number of nitrogens with one attached hydrogen (secondary N) is 2. The lowest BCUT2D eigenvalue weighted by atomic mass is 10.1. The van der Waals surface area contributed by atoms with Crippen molar-refractivity contribution in [2.24, 2.45) is 0 Å². The van der Waals surface area contributed by atoms with Gasteiger partial charge in [0.15, 0.2) is 0 Å². The summed E-state index contributed by atoms with van der Waals surface area (Å²) >= 11 is 0. The van der Waals surface area contributed by atoms with Crippen molar-refractivity contribution in [1.82, 2.24) is 15.6 Å². The van der Waals surface area contributed by atoms with Crippen molar-refractivity contribution in [1.29, 1.82) is 0 Å². The summed E-state index contributed by atoms with van der Waals surface area (Å²) in [5.74, 6) is -0.457. The Bertz CT molecular complexity index is 395. The zero-order chi connectivity index (χ0) is 13.4. The normalized spacial score (nSPS) is 11.4. The van der Waals surface area contributed by atoms with Crippen LogP contribution in [0.25, 0.3) is 0 Å². The van der Waals surface area contributed by atoms with E-state index >= 15 is 0 Å². The predicted octanol–water partition coefficient (Wildman–Crippen LogP) is 1.00. The number of hydrogen-bond acceptors (Lipinski definition) is 4. The molecule has 0 saturated heterocycles. The standard InChI is InChI=1S/C12H17N3O3/c1-3-18-11(16)8-14-12(17)15-9(2)10-5-4-6-13-7-10/h4-7,9H,3,8H2,1-2H3,(H2,14,15,17). The molecule has 0 spiro atoms. The number of ether oxygens (including phenoxy) is 1. The molecule has 1 atom stereocenters. The Labute approximate surface area is 106 Å². The molecule has 2 amide bonds. The minimum atomic E-state index is -0.457. The number of rotatable bonds is 5. The van der Waals surface area contributed by atoms with Crippen LogP contribution in [0.4, 0.5) is 4.79 Å². The van der Waals surface area contributed by atoms with Crippen molar-refractivity contribution in [3.05, 3.63) is 30.1 Å². The second-order valence-electron chi connectivity index (χ2n) is 3.64. The van der Waals surface area contributed by atoms with Gasteiger partial charge in [0.05, 0.1) is 12.6 Å². The SMILES string of the molecule is CCOC(=O)CNC(=O)NC(C)c1cccnc1. The van der Waals surface area contributed by atoms with Gasteiger partial charge >= 0.3 is 12.0 Å². The molecular weight excluding hydrogens is 234 g/mol. The van der Waals surface area contributed by atoms with Gasteiger partial charge in [0.25, 0.3) is 0 Å². The van der Waals surface area contributed by atoms with E-state index in [0.717, 1.165) is 5.56 Å². The van der Waals surface area contributed by atoms with Gasteiger partial charge in [0.2, 0.25) is 0 Å². The van der Waals surface area contributed by atoms with E-state index in [9.17, 15) is 9.59 Å². The molecule has 1 aromatic rings. The molecule has 1 heterocycles. The summed E-state index contributed by atoms with van der Waals surface area (Å²) in [7, 11) is 0. The lowest BCUT2D eigenvalue weighted by Crippen LogP contribution is -2.40. The largest absolute Gasteiger partial charge is 0.465 e. The molecule has 6 heteroatoms. The molecule has 0 radical (unpaired) electrons. The van der Waals surface area contributed by atoms with E-state index in [-0.39, 0.29) is 12.6 Å². The molecule has 0 aliphatic rings. The lowest BCUT2D eigenvalue weighted by molar-refractivity contribution is -0.141. The molecule has 1 unspecified atom stereocenters. The van der Waals surface area contributed by atoms with Crippen LogP contribution in [0.2, 0.25) is 0 Å². The van der Waals surface area contributed by atoms with E-state index in [1.54, 1.807) is 25.4 Å². The summed E-state index contributed by atoms with van der Waals surface area (Å²) in [5, 5.41) is 5.12. The van der Waals surface area contributed by atoms with E-state index in [2.05, 4.69) is 15.6 Å². The van der Waals surface area contributed by atoms with Crippen molar-refractivity contribution in [3.63, 3.8) is 0 Å². The number of hydrogen-bond donors (Lipinski definition) is 2. The van der Waals surface area contributed by atoms with Crippen LogP contribution in [0.15, 0.2) is 24.5 Å². The number of pyridine rings is 1. The lowest BCUT2D eigenvalue weighted by Gasteiger charge is -2.14. The van der Waals surface area contributed by atoms with Crippen LogP contribution in [0, 0.1) is 0 Å². The van der Waals surface area contributed by atoms with E-state index in [0.29, 0.717) is 6.61 Å². The number of urea groups is 1. The Balaban J connectivity index is 2.34. The smallest absolute Gasteiger partial charge is 0.325 e. The average molecular weight is 251 g/mol. The third-order valence-electron chi connectivity index (χ3n) is 2.23. The van der Waals surface area contributed by atoms with Gasteiger partial charge in [-0.05, 0) is 25.5 Å². The summed E-state index contributed by atoms with van der Waals surface area (Å²) in [6.07, 6.45) is 3.34. The highest BCUT2D eigenvalue weighted by molar-refractivity contribution is 5.80. The second kappa shape index (κ2) is 7.26. The molecule has 0 aliphatic carbocycles. The van der Waals surface area contributed by atoms with E-state index in [1.165, 1.54) is 0 Å². The Morgan fingerprint density at radius 1 is 1.50 bits per heavy atom. The zero-order valence-electron chi connectivity index (χ0n) is 10.5. The van der Waals surface area contributed by atoms with E-state index in [4.69, 9.17) is 4.74 Å². The molecule has 98 valence electrons. The maximum Gasteiger partial charge on any atom is 0.325 e. The highest BCUT2D eigenvalue weighted by Crippen LogP contribution is 2.08. The maximum absolute atomic E-state index is 11.5. The maximum atomic E-state index is 11.5. The summed E-state index contributed by atoms with van der Waals surface area (Å²) in [4.78, 5) is 26.5. The van der Waals surface area contributed by atoms with Crippen LogP contribution >= 0.6 is 0 Å². The Morgan fingerprint density at radius 2 is 2.28 bits per heavy atom. The van der Waals surface area contributed by atoms with Crippen LogP contribution in [-0.2, 0) is 9.53 Å². The Morgan fingerprint density at radius 3 is 2.89 bits per heavy atom. The molecular formula is C12H17N3O3. The van der Waals surface area contributed by atoms with Gasteiger partial charge in [-0.3, -0.25) is 9.78 Å². The van der Waals surface area contributed by atoms with Crippen LogP contribution in [0.1, 0.15) is 25.5 Å². The first-order valence-corrected chi connectivity index (χ1v) is 5.73. The van der Waals surface area contributed by atoms with Crippen molar-refractivity contribution in [3.8, 4) is 0 Å². The second-order valence-corrected chi connectivity index (χ2v) is 3.64. The average Bonchev–Trinajstić information content (AvgIpc) is 2.38. The molecule has 6 nitrogen and oxygen atoms in total. The minimum Gasteiger partial charge on any atom is -0.465 e. The molecule has 0 saturated carbocycles. The van der Waals surface area contributed by atoms with Gasteiger partial charge < -0.3 is 15.4 Å². The zero-order valence-corrected chi connectivity index (χ0v) is 10.5. The highest BCUT2D eigenvalue weighted by Gasteiger charge is 2.10. The summed E-state index contributed by atoms with van der Waals surface area (Å²) < 4.78 is 4.69. The molecule has 0 bridgehead atoms. The molecule has 0 aliphatic heterocycles. The molecule has 18 heavy (non-hydrogen) atoms. The fraction of sp³-hybridized carbons (Fsp3) is 0.417. The third-order valence-corrected chi connectivity index (χ3v) is 2.23. The predicted molar refractivity (Wildman–Crippen MR) is 65.8 cm³/mol. The number of esters is 1. The van der Waals surface area contributed by atoms with Gasteiger partial charge in [-0.15, -0.1) is 0 Å². The van der Waals surface area contributed by atoms with Crippen molar-refractivity contribution >= 4 is 12.0 Å². The number of aromatic nitrogens is 1. The summed E-state index contributed by atoms with van der Waals surface area (Å²) in [6.45, 7) is 3.71. The third kappa shape index (κ3) is 4.82. The van der Waals surface area contributed by atoms with Gasteiger partial charge in [-0.1, -0.05) is 6.07 Å². The fourth-order valence-corrected chi connectivity index (χ4v) is 1.33. The van der Waals surface area contributed by atoms with Crippen molar-refractivity contribution < 1.29 is 14.3 Å². The van der Waals surface area contributed by atoms with Gasteiger partial charge in [0, 0.05) is 12.4 Å². The van der Waals surface area contributed by atoms with Crippen LogP contribution in [-0.4, -0.2) is 30.1 Å². The first kappa shape index (κ1) is 14.0. The monoisotopic (exact) mass is 251 g/mol. The molecule has 2 N–H and O–H groups in total. The number of nitrogens with zero attached hydrogens (tertiary/aromatic N) is 1. The highest BCUT2D eigenvalue weighted by atomic mass is 16.5. The topological polar surface area (TPSA) is 80.3 Å². The summed E-state index contributed by atoms with van der Waals surface area (Å²) in [5.41, 5.74) is 0.892. The van der Waals surface area contributed by atoms with Gasteiger partial charge in [-0.25, -0.2) is 4.79 Å². The van der Waals surface area contributed by atoms with Crippen molar-refractivity contribution in [2.45, 2.75) is 19.9 Å². The minimum absolute atomic E-state index is 0.139. The fourth-order valence-electron chi connectivity index (χ4n) is 1.33. The Kier molecular flexibility index (Phi) is 5.63. The van der Waals surface area contributed by atoms with Crippen LogP contribution in [0.5, 0.6) is 0 Å². The van der Waals surface area contributed by atoms with Crippen LogP contribution < -0.4 is 10.6 Å². The number of carbonyl (C=O) groups is 2. The molecule has 1 rings (SSSR count). The first-order chi connectivity index (χ1) is 8.63. The van der Waals surface area contributed by atoms with Gasteiger partial charge in [0.1, 0.15) is 6.54 Å². The van der Waals surface area contributed by atoms with E-state index in [1.807, 2.05) is 13.0 Å². The molecule has 0 fully saturated rings. The Hall–Kier alpha value is -2.11. The molecule has 0 aromatic carbocycles.